The number of phenols is 1. The van der Waals surface area contributed by atoms with E-state index in [2.05, 4.69) is 0 Å². The first-order valence-corrected chi connectivity index (χ1v) is 6.97. The molecule has 124 valence electrons. The summed E-state index contributed by atoms with van der Waals surface area (Å²) in [6.07, 6.45) is -6.37. The Bertz CT molecular complexity index is 496. The molecule has 1 heterocycles. The van der Waals surface area contributed by atoms with E-state index in [1.165, 1.54) is 6.07 Å². The minimum Gasteiger partial charge on any atom is -0.504 e. The number of aromatic hydroxyl groups is 1. The van der Waals surface area contributed by atoms with Crippen LogP contribution in [0.1, 0.15) is 5.56 Å². The standard InChI is InChI=1S/C14H21NO7/c15-4-3-7-1-2-8(17)9(5-7)21-14-13(20)12(19)11(18)10(6-16)22-14/h1-2,5,10-14,16-20H,3-4,6,15H2/t10-,11-,12+,13-,14+/m1/s1. The first kappa shape index (κ1) is 16.9. The van der Waals surface area contributed by atoms with E-state index in [1.807, 2.05) is 0 Å². The third kappa shape index (κ3) is 3.49. The molecule has 1 aliphatic heterocycles. The largest absolute Gasteiger partial charge is 0.504 e. The summed E-state index contributed by atoms with van der Waals surface area (Å²) in [6.45, 7) is -0.131. The average Bonchev–Trinajstić information content (AvgIpc) is 2.51. The van der Waals surface area contributed by atoms with Crippen LogP contribution in [0.15, 0.2) is 18.2 Å². The van der Waals surface area contributed by atoms with Crippen molar-refractivity contribution in [1.29, 1.82) is 0 Å². The minimum absolute atomic E-state index is 0.0512. The van der Waals surface area contributed by atoms with Gasteiger partial charge in [-0.05, 0) is 30.7 Å². The van der Waals surface area contributed by atoms with Crippen LogP contribution in [0, 0.1) is 0 Å². The lowest BCUT2D eigenvalue weighted by Gasteiger charge is -2.39. The van der Waals surface area contributed by atoms with Crippen LogP contribution in [-0.2, 0) is 11.2 Å². The summed E-state index contributed by atoms with van der Waals surface area (Å²) in [5.74, 6) is -0.118. The van der Waals surface area contributed by atoms with E-state index >= 15 is 0 Å². The van der Waals surface area contributed by atoms with E-state index in [0.29, 0.717) is 13.0 Å². The summed E-state index contributed by atoms with van der Waals surface area (Å²) in [4.78, 5) is 0. The monoisotopic (exact) mass is 315 g/mol. The molecule has 0 radical (unpaired) electrons. The number of aliphatic hydroxyl groups is 4. The third-order valence-electron chi connectivity index (χ3n) is 3.55. The van der Waals surface area contributed by atoms with Crippen LogP contribution in [-0.4, -0.2) is 69.4 Å². The van der Waals surface area contributed by atoms with Crippen molar-refractivity contribution in [3.05, 3.63) is 23.8 Å². The predicted molar refractivity (Wildman–Crippen MR) is 75.3 cm³/mol. The molecule has 5 atom stereocenters. The van der Waals surface area contributed by atoms with Gasteiger partial charge in [0.1, 0.15) is 24.4 Å². The molecule has 0 aliphatic carbocycles. The maximum absolute atomic E-state index is 9.90. The van der Waals surface area contributed by atoms with Gasteiger partial charge in [-0.1, -0.05) is 6.07 Å². The van der Waals surface area contributed by atoms with Crippen molar-refractivity contribution >= 4 is 0 Å². The van der Waals surface area contributed by atoms with Gasteiger partial charge < -0.3 is 40.7 Å². The lowest BCUT2D eigenvalue weighted by molar-refractivity contribution is -0.277. The van der Waals surface area contributed by atoms with E-state index in [9.17, 15) is 20.4 Å². The minimum atomic E-state index is -1.54. The van der Waals surface area contributed by atoms with E-state index in [0.717, 1.165) is 5.56 Å². The molecule has 0 spiro atoms. The molecule has 8 nitrogen and oxygen atoms in total. The highest BCUT2D eigenvalue weighted by Crippen LogP contribution is 2.31. The molecule has 0 unspecified atom stereocenters. The fourth-order valence-corrected chi connectivity index (χ4v) is 2.26. The third-order valence-corrected chi connectivity index (χ3v) is 3.55. The smallest absolute Gasteiger partial charge is 0.229 e. The molecule has 2 rings (SSSR count). The van der Waals surface area contributed by atoms with E-state index < -0.39 is 37.3 Å². The van der Waals surface area contributed by atoms with Crippen LogP contribution < -0.4 is 10.5 Å². The highest BCUT2D eigenvalue weighted by molar-refractivity contribution is 5.42. The normalized spacial score (nSPS) is 32.0. The molecule has 0 saturated carbocycles. The molecule has 1 aliphatic rings. The van der Waals surface area contributed by atoms with Gasteiger partial charge in [-0.3, -0.25) is 0 Å². The molecule has 1 fully saturated rings. The van der Waals surface area contributed by atoms with Crippen LogP contribution in [0.5, 0.6) is 11.5 Å². The fourth-order valence-electron chi connectivity index (χ4n) is 2.26. The van der Waals surface area contributed by atoms with E-state index in [4.69, 9.17) is 20.3 Å². The Morgan fingerprint density at radius 2 is 1.86 bits per heavy atom. The first-order valence-electron chi connectivity index (χ1n) is 6.97. The second-order valence-corrected chi connectivity index (χ2v) is 5.16. The van der Waals surface area contributed by atoms with Crippen LogP contribution in [0.2, 0.25) is 0 Å². The molecule has 22 heavy (non-hydrogen) atoms. The maximum atomic E-state index is 9.90. The number of ether oxygens (including phenoxy) is 2. The lowest BCUT2D eigenvalue weighted by Crippen LogP contribution is -2.60. The van der Waals surface area contributed by atoms with Gasteiger partial charge in [-0.15, -0.1) is 0 Å². The van der Waals surface area contributed by atoms with Crippen molar-refractivity contribution in [2.45, 2.75) is 37.1 Å². The van der Waals surface area contributed by atoms with Crippen molar-refractivity contribution in [2.75, 3.05) is 13.2 Å². The van der Waals surface area contributed by atoms with Crippen LogP contribution in [0.25, 0.3) is 0 Å². The molecule has 1 saturated heterocycles. The Balaban J connectivity index is 2.16. The van der Waals surface area contributed by atoms with Gasteiger partial charge in [-0.25, -0.2) is 0 Å². The Labute approximate surface area is 127 Å². The number of rotatable bonds is 5. The summed E-state index contributed by atoms with van der Waals surface area (Å²) in [7, 11) is 0. The Hall–Kier alpha value is -1.42. The molecule has 0 aromatic heterocycles. The van der Waals surface area contributed by atoms with Crippen molar-refractivity contribution in [3.63, 3.8) is 0 Å². The molecule has 7 N–H and O–H groups in total. The summed E-state index contributed by atoms with van der Waals surface area (Å²) in [5.41, 5.74) is 6.29. The van der Waals surface area contributed by atoms with Crippen molar-refractivity contribution in [1.82, 2.24) is 0 Å². The molecule has 0 bridgehead atoms. The first-order chi connectivity index (χ1) is 10.5. The van der Waals surface area contributed by atoms with Gasteiger partial charge in [0.25, 0.3) is 0 Å². The molecular formula is C14H21NO7. The number of hydrogen-bond acceptors (Lipinski definition) is 8. The number of hydrogen-bond donors (Lipinski definition) is 6. The molecule has 1 aromatic rings. The highest BCUT2D eigenvalue weighted by atomic mass is 16.7. The predicted octanol–water partition coefficient (Wildman–Crippen LogP) is -1.93. The van der Waals surface area contributed by atoms with Gasteiger partial charge in [0, 0.05) is 0 Å². The maximum Gasteiger partial charge on any atom is 0.229 e. The zero-order chi connectivity index (χ0) is 16.3. The topological polar surface area (TPSA) is 146 Å². The van der Waals surface area contributed by atoms with Gasteiger partial charge in [0.15, 0.2) is 11.5 Å². The number of phenolic OH excluding ortho intramolecular Hbond substituents is 1. The van der Waals surface area contributed by atoms with Crippen LogP contribution >= 0.6 is 0 Å². The molecule has 1 aromatic carbocycles. The number of aliphatic hydroxyl groups excluding tert-OH is 4. The summed E-state index contributed by atoms with van der Waals surface area (Å²) in [6, 6.07) is 4.65. The summed E-state index contributed by atoms with van der Waals surface area (Å²) in [5, 5.41) is 48.2. The fraction of sp³-hybridized carbons (Fsp3) is 0.571. The molecule has 0 amide bonds. The Kier molecular flexibility index (Phi) is 5.57. The number of nitrogens with two attached hydrogens (primary N) is 1. The van der Waals surface area contributed by atoms with Gasteiger partial charge in [-0.2, -0.15) is 0 Å². The molecule has 8 heteroatoms. The zero-order valence-electron chi connectivity index (χ0n) is 11.9. The van der Waals surface area contributed by atoms with Crippen molar-refractivity contribution in [2.24, 2.45) is 5.73 Å². The second kappa shape index (κ2) is 7.23. The average molecular weight is 315 g/mol. The summed E-state index contributed by atoms with van der Waals surface area (Å²) >= 11 is 0. The van der Waals surface area contributed by atoms with Gasteiger partial charge in [0.2, 0.25) is 6.29 Å². The van der Waals surface area contributed by atoms with Crippen LogP contribution in [0.3, 0.4) is 0 Å². The second-order valence-electron chi connectivity index (χ2n) is 5.16. The van der Waals surface area contributed by atoms with Crippen LogP contribution in [0.4, 0.5) is 0 Å². The van der Waals surface area contributed by atoms with Gasteiger partial charge in [0.05, 0.1) is 6.61 Å². The van der Waals surface area contributed by atoms with Crippen molar-refractivity contribution < 1.29 is 35.0 Å². The molecular weight excluding hydrogens is 294 g/mol. The van der Waals surface area contributed by atoms with E-state index in [1.54, 1.807) is 12.1 Å². The zero-order valence-corrected chi connectivity index (χ0v) is 11.9. The number of benzene rings is 1. The Morgan fingerprint density at radius 1 is 1.14 bits per heavy atom. The SMILES string of the molecule is NCCc1ccc(O)c(O[C@H]2O[C@H](CO)[C@@H](O)[C@H](O)[C@H]2O)c1. The highest BCUT2D eigenvalue weighted by Gasteiger charge is 2.44. The van der Waals surface area contributed by atoms with Crippen molar-refractivity contribution in [3.8, 4) is 11.5 Å². The summed E-state index contributed by atoms with van der Waals surface area (Å²) < 4.78 is 10.6. The lowest BCUT2D eigenvalue weighted by atomic mass is 9.99. The van der Waals surface area contributed by atoms with E-state index in [-0.39, 0.29) is 11.5 Å². The quantitative estimate of drug-likeness (QED) is 0.368. The van der Waals surface area contributed by atoms with Gasteiger partial charge >= 0.3 is 0 Å². The Morgan fingerprint density at radius 3 is 2.50 bits per heavy atom.